The molecule has 1 N–H and O–H groups in total. The molecule has 0 saturated heterocycles. The molecule has 1 heterocycles. The van der Waals surface area contributed by atoms with Gasteiger partial charge >= 0.3 is 5.69 Å². The zero-order chi connectivity index (χ0) is 11.2. The first-order valence-electron chi connectivity index (χ1n) is 4.30. The van der Waals surface area contributed by atoms with E-state index in [9.17, 15) is 19.3 Å². The van der Waals surface area contributed by atoms with E-state index in [0.717, 1.165) is 6.07 Å². The fourth-order valence-corrected chi connectivity index (χ4v) is 1.71. The molecule has 0 aromatic heterocycles. The molecule has 78 valence electrons. The van der Waals surface area contributed by atoms with Crippen LogP contribution in [0.3, 0.4) is 0 Å². The lowest BCUT2D eigenvalue weighted by Gasteiger charge is -2.02. The molecule has 0 spiro atoms. The smallest absolute Gasteiger partial charge is 0.317 e. The highest BCUT2D eigenvalue weighted by molar-refractivity contribution is 6.02. The van der Waals surface area contributed by atoms with Gasteiger partial charge in [0.2, 0.25) is 5.82 Å². The van der Waals surface area contributed by atoms with E-state index in [1.807, 2.05) is 0 Å². The van der Waals surface area contributed by atoms with Crippen molar-refractivity contribution in [3.05, 3.63) is 39.2 Å². The maximum absolute atomic E-state index is 13.2. The van der Waals surface area contributed by atoms with Crippen LogP contribution in [0.1, 0.15) is 28.9 Å². The number of nitrogens with one attached hydrogen (secondary N) is 1. The minimum atomic E-state index is -0.983. The molecular weight excluding hydrogens is 203 g/mol. The first kappa shape index (κ1) is 9.57. The summed E-state index contributed by atoms with van der Waals surface area (Å²) in [5.41, 5.74) is -0.435. The van der Waals surface area contributed by atoms with Crippen LogP contribution in [0.2, 0.25) is 0 Å². The van der Waals surface area contributed by atoms with E-state index in [1.54, 1.807) is 6.92 Å². The molecule has 6 heteroatoms. The van der Waals surface area contributed by atoms with Crippen molar-refractivity contribution in [1.29, 1.82) is 0 Å². The van der Waals surface area contributed by atoms with Crippen molar-refractivity contribution < 1.29 is 14.1 Å². The second-order valence-electron chi connectivity index (χ2n) is 3.31. The van der Waals surface area contributed by atoms with Gasteiger partial charge in [0.05, 0.1) is 11.0 Å². The Hall–Kier alpha value is -1.98. The fourth-order valence-electron chi connectivity index (χ4n) is 1.71. The van der Waals surface area contributed by atoms with Gasteiger partial charge in [-0.1, -0.05) is 6.07 Å². The first-order chi connectivity index (χ1) is 7.02. The third-order valence-electron chi connectivity index (χ3n) is 2.38. The summed E-state index contributed by atoms with van der Waals surface area (Å²) >= 11 is 0. The quantitative estimate of drug-likeness (QED) is 0.564. The van der Waals surface area contributed by atoms with Gasteiger partial charge in [0.15, 0.2) is 0 Å². The Morgan fingerprint density at radius 3 is 2.80 bits per heavy atom. The van der Waals surface area contributed by atoms with E-state index in [1.165, 1.54) is 6.07 Å². The topological polar surface area (TPSA) is 72.2 Å². The second kappa shape index (κ2) is 3.01. The predicted molar refractivity (Wildman–Crippen MR) is 48.9 cm³/mol. The zero-order valence-electron chi connectivity index (χ0n) is 7.78. The lowest BCUT2D eigenvalue weighted by molar-refractivity contribution is -0.387. The molecular formula is C9H7FN2O3. The minimum Gasteiger partial charge on any atom is -0.345 e. The number of nitro benzene ring substituents is 1. The standard InChI is InChI=1S/C9H7FN2O3/c1-4-5-2-3-6(10)8(12(14)15)7(5)9(13)11-4/h2-4H,1H3,(H,11,13)/t4-/m0/s1. The summed E-state index contributed by atoms with van der Waals surface area (Å²) in [6.07, 6.45) is 0. The molecule has 0 radical (unpaired) electrons. The van der Waals surface area contributed by atoms with Crippen LogP contribution in [0.4, 0.5) is 10.1 Å². The first-order valence-corrected chi connectivity index (χ1v) is 4.30. The van der Waals surface area contributed by atoms with Gasteiger partial charge in [-0.2, -0.15) is 4.39 Å². The number of hydrogen-bond acceptors (Lipinski definition) is 3. The van der Waals surface area contributed by atoms with Gasteiger partial charge in [-0.15, -0.1) is 0 Å². The van der Waals surface area contributed by atoms with Gasteiger partial charge in [-0.05, 0) is 18.6 Å². The average molecular weight is 210 g/mol. The van der Waals surface area contributed by atoms with Crippen LogP contribution < -0.4 is 5.32 Å². The Labute approximate surface area is 84.1 Å². The van der Waals surface area contributed by atoms with Gasteiger partial charge in [-0.3, -0.25) is 14.9 Å². The summed E-state index contributed by atoms with van der Waals surface area (Å²) in [5, 5.41) is 13.1. The molecule has 1 aliphatic rings. The molecule has 2 rings (SSSR count). The van der Waals surface area contributed by atoms with Crippen LogP contribution in [-0.2, 0) is 0 Å². The van der Waals surface area contributed by atoms with Crippen LogP contribution in [0.5, 0.6) is 0 Å². The molecule has 0 fully saturated rings. The summed E-state index contributed by atoms with van der Waals surface area (Å²) in [4.78, 5) is 21.1. The Morgan fingerprint density at radius 2 is 2.20 bits per heavy atom. The monoisotopic (exact) mass is 210 g/mol. The number of benzene rings is 1. The number of rotatable bonds is 1. The summed E-state index contributed by atoms with van der Waals surface area (Å²) in [6.45, 7) is 1.69. The number of nitro groups is 1. The van der Waals surface area contributed by atoms with E-state index in [0.29, 0.717) is 5.56 Å². The minimum absolute atomic E-state index is 0.160. The number of carbonyl (C=O) groups excluding carboxylic acids is 1. The summed E-state index contributed by atoms with van der Waals surface area (Å²) in [6, 6.07) is 2.08. The third-order valence-corrected chi connectivity index (χ3v) is 2.38. The molecule has 0 unspecified atom stereocenters. The van der Waals surface area contributed by atoms with Gasteiger partial charge in [0.1, 0.15) is 5.56 Å². The number of halogens is 1. The van der Waals surface area contributed by atoms with Crippen LogP contribution in [0.15, 0.2) is 12.1 Å². The van der Waals surface area contributed by atoms with E-state index in [-0.39, 0.29) is 11.6 Å². The van der Waals surface area contributed by atoms with Crippen molar-refractivity contribution in [2.24, 2.45) is 0 Å². The highest BCUT2D eigenvalue weighted by atomic mass is 19.1. The van der Waals surface area contributed by atoms with Crippen LogP contribution in [0.25, 0.3) is 0 Å². The van der Waals surface area contributed by atoms with E-state index in [4.69, 9.17) is 0 Å². The normalized spacial score (nSPS) is 18.5. The Bertz CT molecular complexity index is 473. The molecule has 1 aromatic rings. The zero-order valence-corrected chi connectivity index (χ0v) is 7.78. The maximum atomic E-state index is 13.2. The summed E-state index contributed by atoms with van der Waals surface area (Å²) < 4.78 is 13.2. The average Bonchev–Trinajstić information content (AvgIpc) is 2.41. The van der Waals surface area contributed by atoms with E-state index < -0.39 is 22.3 Å². The lowest BCUT2D eigenvalue weighted by atomic mass is 10.0. The second-order valence-corrected chi connectivity index (χ2v) is 3.31. The number of fused-ring (bicyclic) bond motifs is 1. The van der Waals surface area contributed by atoms with Crippen molar-refractivity contribution in [3.8, 4) is 0 Å². The maximum Gasteiger partial charge on any atom is 0.317 e. The molecule has 1 atom stereocenters. The number of amides is 1. The largest absolute Gasteiger partial charge is 0.345 e. The molecule has 0 bridgehead atoms. The summed E-state index contributed by atoms with van der Waals surface area (Å²) in [5.74, 6) is -1.58. The fraction of sp³-hybridized carbons (Fsp3) is 0.222. The molecule has 15 heavy (non-hydrogen) atoms. The SMILES string of the molecule is C[C@@H]1NC(=O)c2c1ccc(F)c2[N+](=O)[O-]. The molecule has 1 aliphatic heterocycles. The highest BCUT2D eigenvalue weighted by Gasteiger charge is 2.35. The number of carbonyl (C=O) groups is 1. The Kier molecular flexibility index (Phi) is 1.92. The van der Waals surface area contributed by atoms with Crippen molar-refractivity contribution in [2.45, 2.75) is 13.0 Å². The molecule has 1 aromatic carbocycles. The van der Waals surface area contributed by atoms with Crippen molar-refractivity contribution >= 4 is 11.6 Å². The Morgan fingerprint density at radius 1 is 1.53 bits per heavy atom. The molecule has 1 amide bonds. The van der Waals surface area contributed by atoms with Gasteiger partial charge in [0, 0.05) is 0 Å². The highest BCUT2D eigenvalue weighted by Crippen LogP contribution is 2.33. The van der Waals surface area contributed by atoms with E-state index in [2.05, 4.69) is 5.32 Å². The molecule has 0 aliphatic carbocycles. The van der Waals surface area contributed by atoms with Crippen LogP contribution in [-0.4, -0.2) is 10.8 Å². The van der Waals surface area contributed by atoms with Gasteiger partial charge < -0.3 is 5.32 Å². The Balaban J connectivity index is 2.76. The third kappa shape index (κ3) is 1.25. The van der Waals surface area contributed by atoms with Gasteiger partial charge in [-0.25, -0.2) is 0 Å². The van der Waals surface area contributed by atoms with E-state index >= 15 is 0 Å². The van der Waals surface area contributed by atoms with Crippen LogP contribution >= 0.6 is 0 Å². The number of nitrogens with zero attached hydrogens (tertiary/aromatic N) is 1. The molecule has 0 saturated carbocycles. The van der Waals surface area contributed by atoms with Gasteiger partial charge in [0.25, 0.3) is 5.91 Å². The van der Waals surface area contributed by atoms with Crippen molar-refractivity contribution in [2.75, 3.05) is 0 Å². The van der Waals surface area contributed by atoms with Crippen molar-refractivity contribution in [1.82, 2.24) is 5.32 Å². The predicted octanol–water partition coefficient (Wildman–Crippen LogP) is 1.54. The van der Waals surface area contributed by atoms with Crippen molar-refractivity contribution in [3.63, 3.8) is 0 Å². The molecule has 5 nitrogen and oxygen atoms in total. The van der Waals surface area contributed by atoms with Crippen LogP contribution in [0, 0.1) is 15.9 Å². The number of hydrogen-bond donors (Lipinski definition) is 1. The summed E-state index contributed by atoms with van der Waals surface area (Å²) in [7, 11) is 0. The lowest BCUT2D eigenvalue weighted by Crippen LogP contribution is -2.16.